The Hall–Kier alpha value is -2.10. The molecule has 17 heavy (non-hydrogen) atoms. The highest BCUT2D eigenvalue weighted by atomic mass is 16.1. The van der Waals surface area contributed by atoms with Crippen LogP contribution in [0.3, 0.4) is 0 Å². The molecule has 0 aliphatic carbocycles. The minimum absolute atomic E-state index is 0.420. The van der Waals surface area contributed by atoms with E-state index in [4.69, 9.17) is 5.73 Å². The second kappa shape index (κ2) is 4.41. The molecule has 4 heteroatoms. The van der Waals surface area contributed by atoms with Gasteiger partial charge in [-0.25, -0.2) is 4.68 Å². The van der Waals surface area contributed by atoms with Crippen LogP contribution in [0.25, 0.3) is 5.69 Å². The van der Waals surface area contributed by atoms with Gasteiger partial charge >= 0.3 is 0 Å². The van der Waals surface area contributed by atoms with Gasteiger partial charge in [-0.15, -0.1) is 0 Å². The summed E-state index contributed by atoms with van der Waals surface area (Å²) >= 11 is 0. The second-order valence-corrected chi connectivity index (χ2v) is 3.93. The predicted molar refractivity (Wildman–Crippen MR) is 66.2 cm³/mol. The SMILES string of the molecule is CCc1ccccc1-n1nc(C)cc1C(N)=O. The lowest BCUT2D eigenvalue weighted by molar-refractivity contribution is 0.0993. The summed E-state index contributed by atoms with van der Waals surface area (Å²) in [4.78, 5) is 11.4. The summed E-state index contributed by atoms with van der Waals surface area (Å²) in [6.45, 7) is 3.91. The maximum Gasteiger partial charge on any atom is 0.267 e. The summed E-state index contributed by atoms with van der Waals surface area (Å²) in [5.74, 6) is -0.462. The van der Waals surface area contributed by atoms with Crippen molar-refractivity contribution in [2.45, 2.75) is 20.3 Å². The lowest BCUT2D eigenvalue weighted by Gasteiger charge is -2.09. The fraction of sp³-hybridized carbons (Fsp3) is 0.231. The third-order valence-electron chi connectivity index (χ3n) is 2.68. The van der Waals surface area contributed by atoms with Crippen LogP contribution in [-0.4, -0.2) is 15.7 Å². The lowest BCUT2D eigenvalue weighted by Crippen LogP contribution is -2.17. The Balaban J connectivity index is 2.63. The van der Waals surface area contributed by atoms with Crippen LogP contribution in [0.2, 0.25) is 0 Å². The van der Waals surface area contributed by atoms with Crippen LogP contribution in [0.4, 0.5) is 0 Å². The highest BCUT2D eigenvalue weighted by molar-refractivity contribution is 5.91. The van der Waals surface area contributed by atoms with Crippen molar-refractivity contribution in [3.63, 3.8) is 0 Å². The van der Waals surface area contributed by atoms with Crippen molar-refractivity contribution in [1.29, 1.82) is 0 Å². The van der Waals surface area contributed by atoms with E-state index < -0.39 is 5.91 Å². The second-order valence-electron chi connectivity index (χ2n) is 3.93. The predicted octanol–water partition coefficient (Wildman–Crippen LogP) is 1.84. The molecule has 1 amide bonds. The van der Waals surface area contributed by atoms with E-state index in [0.717, 1.165) is 23.4 Å². The minimum atomic E-state index is -0.462. The smallest absolute Gasteiger partial charge is 0.267 e. The van der Waals surface area contributed by atoms with E-state index in [0.29, 0.717) is 5.69 Å². The Labute approximate surface area is 100 Å². The third-order valence-corrected chi connectivity index (χ3v) is 2.68. The highest BCUT2D eigenvalue weighted by Gasteiger charge is 2.13. The van der Waals surface area contributed by atoms with Crippen LogP contribution in [0.5, 0.6) is 0 Å². The van der Waals surface area contributed by atoms with Crippen molar-refractivity contribution in [3.8, 4) is 5.69 Å². The molecule has 88 valence electrons. The number of carbonyl (C=O) groups excluding carboxylic acids is 1. The van der Waals surface area contributed by atoms with Crippen LogP contribution in [0.1, 0.15) is 28.7 Å². The molecule has 0 spiro atoms. The quantitative estimate of drug-likeness (QED) is 0.873. The van der Waals surface area contributed by atoms with E-state index in [1.54, 1.807) is 10.7 Å². The largest absolute Gasteiger partial charge is 0.364 e. The van der Waals surface area contributed by atoms with Gasteiger partial charge < -0.3 is 5.73 Å². The average molecular weight is 229 g/mol. The van der Waals surface area contributed by atoms with Crippen molar-refractivity contribution >= 4 is 5.91 Å². The maximum absolute atomic E-state index is 11.4. The zero-order chi connectivity index (χ0) is 12.4. The molecule has 0 saturated heterocycles. The molecule has 4 nitrogen and oxygen atoms in total. The molecule has 0 aliphatic rings. The number of aryl methyl sites for hydroxylation is 2. The summed E-state index contributed by atoms with van der Waals surface area (Å²) < 4.78 is 1.62. The first-order valence-corrected chi connectivity index (χ1v) is 5.58. The molecular weight excluding hydrogens is 214 g/mol. The van der Waals surface area contributed by atoms with Crippen molar-refractivity contribution < 1.29 is 4.79 Å². The Morgan fingerprint density at radius 1 is 1.41 bits per heavy atom. The molecule has 0 radical (unpaired) electrons. The van der Waals surface area contributed by atoms with E-state index in [-0.39, 0.29) is 0 Å². The monoisotopic (exact) mass is 229 g/mol. The van der Waals surface area contributed by atoms with E-state index in [2.05, 4.69) is 12.0 Å². The van der Waals surface area contributed by atoms with E-state index >= 15 is 0 Å². The zero-order valence-electron chi connectivity index (χ0n) is 9.97. The Morgan fingerprint density at radius 2 is 2.12 bits per heavy atom. The summed E-state index contributed by atoms with van der Waals surface area (Å²) in [6, 6.07) is 9.57. The van der Waals surface area contributed by atoms with E-state index in [9.17, 15) is 4.79 Å². The Morgan fingerprint density at radius 3 is 2.76 bits per heavy atom. The Bertz CT molecular complexity index is 558. The van der Waals surface area contributed by atoms with Gasteiger partial charge in [0.25, 0.3) is 5.91 Å². The maximum atomic E-state index is 11.4. The number of aromatic nitrogens is 2. The van der Waals surface area contributed by atoms with Gasteiger partial charge in [-0.2, -0.15) is 5.10 Å². The van der Waals surface area contributed by atoms with Crippen molar-refractivity contribution in [2.24, 2.45) is 5.73 Å². The van der Waals surface area contributed by atoms with Crippen molar-refractivity contribution in [2.75, 3.05) is 0 Å². The number of para-hydroxylation sites is 1. The average Bonchev–Trinajstić information content (AvgIpc) is 2.71. The van der Waals surface area contributed by atoms with Crippen LogP contribution < -0.4 is 5.73 Å². The fourth-order valence-corrected chi connectivity index (χ4v) is 1.88. The number of carbonyl (C=O) groups is 1. The lowest BCUT2D eigenvalue weighted by atomic mass is 10.1. The van der Waals surface area contributed by atoms with Crippen molar-refractivity contribution in [3.05, 3.63) is 47.3 Å². The van der Waals surface area contributed by atoms with Gasteiger partial charge in [0.2, 0.25) is 0 Å². The molecule has 1 aromatic heterocycles. The molecule has 2 N–H and O–H groups in total. The standard InChI is InChI=1S/C13H15N3O/c1-3-10-6-4-5-7-11(10)16-12(13(14)17)8-9(2)15-16/h4-8H,3H2,1-2H3,(H2,14,17). The normalized spacial score (nSPS) is 10.5. The molecule has 1 aromatic carbocycles. The van der Waals surface area contributed by atoms with E-state index in [1.807, 2.05) is 31.2 Å². The van der Waals surface area contributed by atoms with Crippen LogP contribution in [0, 0.1) is 6.92 Å². The van der Waals surface area contributed by atoms with Gasteiger partial charge in [0, 0.05) is 0 Å². The minimum Gasteiger partial charge on any atom is -0.364 e. The first-order valence-electron chi connectivity index (χ1n) is 5.58. The molecule has 0 bridgehead atoms. The number of rotatable bonds is 3. The number of hydrogen-bond donors (Lipinski definition) is 1. The number of nitrogens with two attached hydrogens (primary N) is 1. The molecule has 2 rings (SSSR count). The number of primary amides is 1. The van der Waals surface area contributed by atoms with Crippen LogP contribution >= 0.6 is 0 Å². The van der Waals surface area contributed by atoms with Gasteiger partial charge in [-0.05, 0) is 31.0 Å². The highest BCUT2D eigenvalue weighted by Crippen LogP contribution is 2.17. The third kappa shape index (κ3) is 2.06. The zero-order valence-corrected chi connectivity index (χ0v) is 9.97. The van der Waals surface area contributed by atoms with E-state index in [1.165, 1.54) is 0 Å². The fourth-order valence-electron chi connectivity index (χ4n) is 1.88. The van der Waals surface area contributed by atoms with Gasteiger partial charge in [0.1, 0.15) is 5.69 Å². The topological polar surface area (TPSA) is 60.9 Å². The van der Waals surface area contributed by atoms with Crippen LogP contribution in [0.15, 0.2) is 30.3 Å². The van der Waals surface area contributed by atoms with Gasteiger partial charge in [0.05, 0.1) is 11.4 Å². The van der Waals surface area contributed by atoms with Crippen molar-refractivity contribution in [1.82, 2.24) is 9.78 Å². The first-order chi connectivity index (χ1) is 8.13. The molecule has 0 atom stereocenters. The van der Waals surface area contributed by atoms with Gasteiger partial charge in [0.15, 0.2) is 0 Å². The summed E-state index contributed by atoms with van der Waals surface area (Å²) in [5, 5.41) is 4.33. The Kier molecular flexibility index (Phi) is 2.95. The molecule has 1 heterocycles. The summed E-state index contributed by atoms with van der Waals surface area (Å²) in [7, 11) is 0. The first kappa shape index (κ1) is 11.4. The van der Waals surface area contributed by atoms with Crippen LogP contribution in [-0.2, 0) is 6.42 Å². The number of amides is 1. The summed E-state index contributed by atoms with van der Waals surface area (Å²) in [5.41, 5.74) is 8.61. The van der Waals surface area contributed by atoms with Gasteiger partial charge in [-0.3, -0.25) is 4.79 Å². The number of benzene rings is 1. The molecule has 0 aliphatic heterocycles. The van der Waals surface area contributed by atoms with Gasteiger partial charge in [-0.1, -0.05) is 25.1 Å². The molecular formula is C13H15N3O. The molecule has 0 saturated carbocycles. The number of nitrogens with zero attached hydrogens (tertiary/aromatic N) is 2. The molecule has 0 fully saturated rings. The number of hydrogen-bond acceptors (Lipinski definition) is 2. The summed E-state index contributed by atoms with van der Waals surface area (Å²) in [6.07, 6.45) is 0.882. The molecule has 2 aromatic rings. The molecule has 0 unspecified atom stereocenters.